The van der Waals surface area contributed by atoms with Gasteiger partial charge in [0.25, 0.3) is 5.91 Å². The summed E-state index contributed by atoms with van der Waals surface area (Å²) in [6, 6.07) is 1.85. The number of rotatable bonds is 12. The van der Waals surface area contributed by atoms with Crippen LogP contribution in [0.2, 0.25) is 0 Å². The van der Waals surface area contributed by atoms with Crippen molar-refractivity contribution in [2.75, 3.05) is 32.2 Å². The van der Waals surface area contributed by atoms with E-state index in [0.29, 0.717) is 37.8 Å². The molecule has 6 heteroatoms. The van der Waals surface area contributed by atoms with Gasteiger partial charge in [0.05, 0.1) is 18.5 Å². The van der Waals surface area contributed by atoms with Gasteiger partial charge in [-0.3, -0.25) is 4.79 Å². The van der Waals surface area contributed by atoms with E-state index in [0.717, 1.165) is 24.8 Å². The number of pyridine rings is 1. The minimum Gasteiger partial charge on any atom is -0.475 e. The van der Waals surface area contributed by atoms with Gasteiger partial charge in [0, 0.05) is 19.3 Å². The van der Waals surface area contributed by atoms with Crippen LogP contribution in [0, 0.1) is 6.92 Å². The van der Waals surface area contributed by atoms with Gasteiger partial charge in [-0.1, -0.05) is 26.2 Å². The van der Waals surface area contributed by atoms with Gasteiger partial charge in [0.15, 0.2) is 0 Å². The van der Waals surface area contributed by atoms with Crippen LogP contribution in [-0.4, -0.2) is 43.4 Å². The summed E-state index contributed by atoms with van der Waals surface area (Å²) < 4.78 is 16.3. The lowest BCUT2D eigenvalue weighted by molar-refractivity contribution is -0.139. The Morgan fingerprint density at radius 3 is 2.64 bits per heavy atom. The molecule has 0 saturated heterocycles. The average molecular weight is 352 g/mol. The van der Waals surface area contributed by atoms with Gasteiger partial charge >= 0.3 is 0 Å². The Balaban J connectivity index is 2.74. The normalized spacial score (nSPS) is 13.3. The van der Waals surface area contributed by atoms with E-state index in [1.54, 1.807) is 13.3 Å². The summed E-state index contributed by atoms with van der Waals surface area (Å²) in [6.07, 6.45) is 5.46. The largest absolute Gasteiger partial charge is 0.475 e. The van der Waals surface area contributed by atoms with Crippen LogP contribution in [0.15, 0.2) is 12.3 Å². The minimum absolute atomic E-state index is 0.139. The highest BCUT2D eigenvalue weighted by Gasteiger charge is 2.33. The summed E-state index contributed by atoms with van der Waals surface area (Å²) >= 11 is 0. The highest BCUT2D eigenvalue weighted by molar-refractivity contribution is 5.97. The second-order valence-electron chi connectivity index (χ2n) is 6.26. The topological polar surface area (TPSA) is 69.7 Å². The maximum atomic E-state index is 12.7. The van der Waals surface area contributed by atoms with Gasteiger partial charge in [-0.2, -0.15) is 0 Å². The maximum Gasteiger partial charge on any atom is 0.256 e. The summed E-state index contributed by atoms with van der Waals surface area (Å²) in [6.45, 7) is 9.24. The fourth-order valence-corrected chi connectivity index (χ4v) is 2.55. The smallest absolute Gasteiger partial charge is 0.256 e. The van der Waals surface area contributed by atoms with Gasteiger partial charge in [-0.25, -0.2) is 4.98 Å². The SMILES string of the molecule is CCCCC[C@@](C)(OCC)C(=O)Nc1cnc(OCCOC)c(C)c1. The van der Waals surface area contributed by atoms with E-state index < -0.39 is 5.60 Å². The van der Waals surface area contributed by atoms with Gasteiger partial charge < -0.3 is 19.5 Å². The quantitative estimate of drug-likeness (QED) is 0.581. The molecular weight excluding hydrogens is 320 g/mol. The van der Waals surface area contributed by atoms with Gasteiger partial charge in [-0.05, 0) is 33.3 Å². The molecule has 0 radical (unpaired) electrons. The van der Waals surface area contributed by atoms with Crippen molar-refractivity contribution < 1.29 is 19.0 Å². The van der Waals surface area contributed by atoms with E-state index in [2.05, 4.69) is 17.2 Å². The molecule has 142 valence electrons. The molecule has 1 amide bonds. The third-order valence-electron chi connectivity index (χ3n) is 4.01. The molecule has 0 aliphatic rings. The summed E-state index contributed by atoms with van der Waals surface area (Å²) in [5, 5.41) is 2.92. The van der Waals surface area contributed by atoms with Crippen molar-refractivity contribution in [1.82, 2.24) is 4.98 Å². The number of methoxy groups -OCH3 is 1. The number of carbonyl (C=O) groups excluding carboxylic acids is 1. The third kappa shape index (κ3) is 7.00. The lowest BCUT2D eigenvalue weighted by Crippen LogP contribution is -2.42. The number of ether oxygens (including phenoxy) is 3. The Morgan fingerprint density at radius 2 is 2.04 bits per heavy atom. The highest BCUT2D eigenvalue weighted by atomic mass is 16.5. The maximum absolute atomic E-state index is 12.7. The molecule has 1 atom stereocenters. The second kappa shape index (κ2) is 11.1. The Kier molecular flexibility index (Phi) is 9.45. The van der Waals surface area contributed by atoms with Crippen molar-refractivity contribution in [3.05, 3.63) is 17.8 Å². The number of nitrogens with zero attached hydrogens (tertiary/aromatic N) is 1. The molecule has 25 heavy (non-hydrogen) atoms. The number of carbonyl (C=O) groups is 1. The zero-order chi connectivity index (χ0) is 18.7. The van der Waals surface area contributed by atoms with Crippen LogP contribution in [0.5, 0.6) is 5.88 Å². The van der Waals surface area contributed by atoms with Crippen molar-refractivity contribution in [3.63, 3.8) is 0 Å². The fraction of sp³-hybridized carbons (Fsp3) is 0.684. The molecule has 0 saturated carbocycles. The number of aryl methyl sites for hydroxylation is 1. The second-order valence-corrected chi connectivity index (χ2v) is 6.26. The summed E-state index contributed by atoms with van der Waals surface area (Å²) in [7, 11) is 1.62. The van der Waals surface area contributed by atoms with Crippen LogP contribution in [-0.2, 0) is 14.3 Å². The van der Waals surface area contributed by atoms with Crippen molar-refractivity contribution in [2.24, 2.45) is 0 Å². The van der Waals surface area contributed by atoms with E-state index >= 15 is 0 Å². The van der Waals surface area contributed by atoms with Crippen molar-refractivity contribution in [3.8, 4) is 5.88 Å². The van der Waals surface area contributed by atoms with Gasteiger partial charge in [-0.15, -0.1) is 0 Å². The highest BCUT2D eigenvalue weighted by Crippen LogP contribution is 2.24. The average Bonchev–Trinajstić information content (AvgIpc) is 2.57. The zero-order valence-corrected chi connectivity index (χ0v) is 16.2. The summed E-state index contributed by atoms with van der Waals surface area (Å²) in [4.78, 5) is 17.0. The molecule has 1 heterocycles. The molecule has 1 N–H and O–H groups in total. The molecule has 0 aliphatic heterocycles. The summed E-state index contributed by atoms with van der Waals surface area (Å²) in [5.74, 6) is 0.408. The van der Waals surface area contributed by atoms with Crippen molar-refractivity contribution in [2.45, 2.75) is 59.0 Å². The van der Waals surface area contributed by atoms with Crippen LogP contribution in [0.4, 0.5) is 5.69 Å². The van der Waals surface area contributed by atoms with E-state index in [1.165, 1.54) is 0 Å². The number of anilines is 1. The van der Waals surface area contributed by atoms with Crippen molar-refractivity contribution >= 4 is 11.6 Å². The third-order valence-corrected chi connectivity index (χ3v) is 4.01. The van der Waals surface area contributed by atoms with Crippen LogP contribution >= 0.6 is 0 Å². The number of hydrogen-bond donors (Lipinski definition) is 1. The Morgan fingerprint density at radius 1 is 1.28 bits per heavy atom. The number of unbranched alkanes of at least 4 members (excludes halogenated alkanes) is 2. The zero-order valence-electron chi connectivity index (χ0n) is 16.2. The molecule has 1 aromatic heterocycles. The lowest BCUT2D eigenvalue weighted by atomic mass is 9.96. The standard InChI is InChI=1S/C19H32N2O4/c1-6-8-9-10-19(4,25-7-2)18(22)21-16-13-15(3)17(20-14-16)24-12-11-23-5/h13-14H,6-12H2,1-5H3,(H,21,22)/t19-/m1/s1. The molecule has 0 fully saturated rings. The van der Waals surface area contributed by atoms with E-state index in [-0.39, 0.29) is 5.91 Å². The molecule has 1 rings (SSSR count). The Bertz CT molecular complexity index is 536. The molecule has 0 aromatic carbocycles. The van der Waals surface area contributed by atoms with Gasteiger partial charge in [0.2, 0.25) is 5.88 Å². The first-order chi connectivity index (χ1) is 12.0. The molecule has 0 bridgehead atoms. The lowest BCUT2D eigenvalue weighted by Gasteiger charge is -2.28. The Hall–Kier alpha value is -1.66. The number of aromatic nitrogens is 1. The van der Waals surface area contributed by atoms with E-state index in [4.69, 9.17) is 14.2 Å². The fourth-order valence-electron chi connectivity index (χ4n) is 2.55. The predicted octanol–water partition coefficient (Wildman–Crippen LogP) is 3.73. The molecule has 0 aliphatic carbocycles. The van der Waals surface area contributed by atoms with Crippen LogP contribution in [0.25, 0.3) is 0 Å². The molecule has 6 nitrogen and oxygen atoms in total. The van der Waals surface area contributed by atoms with E-state index in [9.17, 15) is 4.79 Å². The number of amides is 1. The van der Waals surface area contributed by atoms with Gasteiger partial charge in [0.1, 0.15) is 12.2 Å². The monoisotopic (exact) mass is 352 g/mol. The Labute approximate surface area is 151 Å². The molecular formula is C19H32N2O4. The predicted molar refractivity (Wildman–Crippen MR) is 99.1 cm³/mol. The first-order valence-corrected chi connectivity index (χ1v) is 9.00. The van der Waals surface area contributed by atoms with Crippen LogP contribution < -0.4 is 10.1 Å². The van der Waals surface area contributed by atoms with Crippen LogP contribution in [0.3, 0.4) is 0 Å². The van der Waals surface area contributed by atoms with Crippen LogP contribution in [0.1, 0.15) is 52.0 Å². The van der Waals surface area contributed by atoms with E-state index in [1.807, 2.05) is 26.8 Å². The molecule has 0 unspecified atom stereocenters. The number of nitrogens with one attached hydrogen (secondary N) is 1. The minimum atomic E-state index is -0.828. The first-order valence-electron chi connectivity index (χ1n) is 9.00. The molecule has 1 aromatic rings. The summed E-state index contributed by atoms with van der Waals surface area (Å²) in [5.41, 5.74) is 0.673. The molecule has 0 spiro atoms. The first kappa shape index (κ1) is 21.4. The number of hydrogen-bond acceptors (Lipinski definition) is 5. The van der Waals surface area contributed by atoms with Crippen molar-refractivity contribution in [1.29, 1.82) is 0 Å².